The van der Waals surface area contributed by atoms with Crippen molar-refractivity contribution in [2.75, 3.05) is 13.7 Å². The van der Waals surface area contributed by atoms with Crippen molar-refractivity contribution in [3.8, 4) is 5.75 Å². The van der Waals surface area contributed by atoms with Crippen LogP contribution in [0.1, 0.15) is 17.3 Å². The van der Waals surface area contributed by atoms with E-state index >= 15 is 0 Å². The number of ether oxygens (including phenoxy) is 2. The molecule has 0 fully saturated rings. The van der Waals surface area contributed by atoms with E-state index in [9.17, 15) is 4.79 Å². The van der Waals surface area contributed by atoms with Gasteiger partial charge in [-0.05, 0) is 36.8 Å². The third kappa shape index (κ3) is 3.59. The average Bonchev–Trinajstić information content (AvgIpc) is 2.35. The molecule has 0 unspecified atom stereocenters. The van der Waals surface area contributed by atoms with Crippen LogP contribution in [0, 0.1) is 0 Å². The SMILES string of the molecule is COC(=O)c1ccc(OC/C(C)=C/Cl)cc1. The molecule has 1 aromatic carbocycles. The molecule has 0 amide bonds. The summed E-state index contributed by atoms with van der Waals surface area (Å²) >= 11 is 5.50. The Bertz CT molecular complexity index is 382. The van der Waals surface area contributed by atoms with E-state index in [1.165, 1.54) is 12.6 Å². The van der Waals surface area contributed by atoms with Gasteiger partial charge in [0, 0.05) is 5.54 Å². The van der Waals surface area contributed by atoms with Crippen LogP contribution in [0.3, 0.4) is 0 Å². The van der Waals surface area contributed by atoms with Gasteiger partial charge in [-0.1, -0.05) is 11.6 Å². The molecule has 0 saturated carbocycles. The summed E-state index contributed by atoms with van der Waals surface area (Å²) < 4.78 is 10.0. The van der Waals surface area contributed by atoms with Crippen LogP contribution in [0.15, 0.2) is 35.4 Å². The van der Waals surface area contributed by atoms with Crippen molar-refractivity contribution in [3.63, 3.8) is 0 Å². The van der Waals surface area contributed by atoms with Crippen molar-refractivity contribution in [2.45, 2.75) is 6.92 Å². The van der Waals surface area contributed by atoms with Gasteiger partial charge in [0.2, 0.25) is 0 Å². The van der Waals surface area contributed by atoms with E-state index in [0.29, 0.717) is 17.9 Å². The molecule has 0 aliphatic carbocycles. The molecule has 0 N–H and O–H groups in total. The maximum absolute atomic E-state index is 11.1. The minimum absolute atomic E-state index is 0.358. The van der Waals surface area contributed by atoms with Crippen LogP contribution in [0.2, 0.25) is 0 Å². The number of rotatable bonds is 4. The first-order valence-electron chi connectivity index (χ1n) is 4.74. The molecule has 0 radical (unpaired) electrons. The van der Waals surface area contributed by atoms with Crippen molar-refractivity contribution in [1.29, 1.82) is 0 Å². The Morgan fingerprint density at radius 3 is 2.50 bits per heavy atom. The average molecular weight is 241 g/mol. The molecule has 4 heteroatoms. The monoisotopic (exact) mass is 240 g/mol. The highest BCUT2D eigenvalue weighted by Gasteiger charge is 2.04. The third-order valence-corrected chi connectivity index (χ3v) is 2.30. The van der Waals surface area contributed by atoms with E-state index in [2.05, 4.69) is 4.74 Å². The van der Waals surface area contributed by atoms with E-state index in [1.807, 2.05) is 6.92 Å². The summed E-state index contributed by atoms with van der Waals surface area (Å²) in [6.45, 7) is 2.30. The van der Waals surface area contributed by atoms with Crippen LogP contribution in [-0.4, -0.2) is 19.7 Å². The minimum Gasteiger partial charge on any atom is -0.489 e. The quantitative estimate of drug-likeness (QED) is 0.759. The Balaban J connectivity index is 2.61. The van der Waals surface area contributed by atoms with Crippen LogP contribution < -0.4 is 4.74 Å². The molecule has 16 heavy (non-hydrogen) atoms. The zero-order valence-electron chi connectivity index (χ0n) is 9.20. The second kappa shape index (κ2) is 6.18. The fourth-order valence-corrected chi connectivity index (χ4v) is 1.10. The number of methoxy groups -OCH3 is 1. The highest BCUT2D eigenvalue weighted by molar-refractivity contribution is 6.25. The fourth-order valence-electron chi connectivity index (χ4n) is 1.03. The molecule has 0 bridgehead atoms. The zero-order valence-corrected chi connectivity index (χ0v) is 9.95. The van der Waals surface area contributed by atoms with E-state index in [-0.39, 0.29) is 5.97 Å². The van der Waals surface area contributed by atoms with Crippen molar-refractivity contribution in [3.05, 3.63) is 40.9 Å². The summed E-state index contributed by atoms with van der Waals surface area (Å²) in [4.78, 5) is 11.1. The second-order valence-electron chi connectivity index (χ2n) is 3.26. The topological polar surface area (TPSA) is 35.5 Å². The van der Waals surface area contributed by atoms with Crippen LogP contribution >= 0.6 is 11.6 Å². The Labute approximate surface area is 99.6 Å². The summed E-state index contributed by atoms with van der Waals surface area (Å²) in [7, 11) is 1.35. The lowest BCUT2D eigenvalue weighted by Crippen LogP contribution is -2.02. The minimum atomic E-state index is -0.358. The highest BCUT2D eigenvalue weighted by atomic mass is 35.5. The summed E-state index contributed by atoms with van der Waals surface area (Å²) in [5, 5.41) is 0. The van der Waals surface area contributed by atoms with Gasteiger partial charge in [0.1, 0.15) is 12.4 Å². The predicted octanol–water partition coefficient (Wildman–Crippen LogP) is 2.99. The molecule has 1 aromatic rings. The lowest BCUT2D eigenvalue weighted by Gasteiger charge is -2.06. The maximum atomic E-state index is 11.1. The predicted molar refractivity (Wildman–Crippen MR) is 62.9 cm³/mol. The van der Waals surface area contributed by atoms with Crippen molar-refractivity contribution < 1.29 is 14.3 Å². The number of esters is 1. The Kier molecular flexibility index (Phi) is 4.86. The lowest BCUT2D eigenvalue weighted by atomic mass is 10.2. The molecule has 0 atom stereocenters. The largest absolute Gasteiger partial charge is 0.489 e. The molecule has 1 rings (SSSR count). The number of hydrogen-bond acceptors (Lipinski definition) is 3. The Hall–Kier alpha value is -1.48. The number of carbonyl (C=O) groups excluding carboxylic acids is 1. The van der Waals surface area contributed by atoms with Gasteiger partial charge >= 0.3 is 5.97 Å². The van der Waals surface area contributed by atoms with Crippen molar-refractivity contribution in [1.82, 2.24) is 0 Å². The zero-order chi connectivity index (χ0) is 12.0. The molecule has 0 heterocycles. The van der Waals surface area contributed by atoms with Crippen molar-refractivity contribution >= 4 is 17.6 Å². The Morgan fingerprint density at radius 2 is 2.00 bits per heavy atom. The van der Waals surface area contributed by atoms with Gasteiger partial charge in [-0.25, -0.2) is 4.79 Å². The first-order valence-corrected chi connectivity index (χ1v) is 5.18. The van der Waals surface area contributed by atoms with Gasteiger partial charge in [-0.3, -0.25) is 0 Å². The highest BCUT2D eigenvalue weighted by Crippen LogP contribution is 2.13. The molecular weight excluding hydrogens is 228 g/mol. The van der Waals surface area contributed by atoms with E-state index in [1.54, 1.807) is 24.3 Å². The molecule has 3 nitrogen and oxygen atoms in total. The van der Waals surface area contributed by atoms with E-state index < -0.39 is 0 Å². The van der Waals surface area contributed by atoms with Crippen LogP contribution in [0.4, 0.5) is 0 Å². The first-order chi connectivity index (χ1) is 7.67. The maximum Gasteiger partial charge on any atom is 0.337 e. The van der Waals surface area contributed by atoms with E-state index in [0.717, 1.165) is 5.57 Å². The summed E-state index contributed by atoms with van der Waals surface area (Å²) in [5.74, 6) is 0.328. The Morgan fingerprint density at radius 1 is 1.38 bits per heavy atom. The standard InChI is InChI=1S/C12H13ClO3/c1-9(7-13)8-16-11-5-3-10(4-6-11)12(14)15-2/h3-7H,8H2,1-2H3/b9-7+. The molecular formula is C12H13ClO3. The summed E-state index contributed by atoms with van der Waals surface area (Å²) in [6, 6.07) is 6.74. The third-order valence-electron chi connectivity index (χ3n) is 1.93. The van der Waals surface area contributed by atoms with Crippen molar-refractivity contribution in [2.24, 2.45) is 0 Å². The molecule has 0 saturated heterocycles. The number of carbonyl (C=O) groups is 1. The molecule has 0 aromatic heterocycles. The lowest BCUT2D eigenvalue weighted by molar-refractivity contribution is 0.0600. The summed E-state index contributed by atoms with van der Waals surface area (Å²) in [6.07, 6.45) is 0. The normalized spacial score (nSPS) is 11.1. The first kappa shape index (κ1) is 12.6. The van der Waals surface area contributed by atoms with Crippen LogP contribution in [0.5, 0.6) is 5.75 Å². The molecule has 0 spiro atoms. The van der Waals surface area contributed by atoms with Gasteiger partial charge in [0.15, 0.2) is 0 Å². The van der Waals surface area contributed by atoms with Gasteiger partial charge in [0.05, 0.1) is 12.7 Å². The van der Waals surface area contributed by atoms with Gasteiger partial charge in [-0.2, -0.15) is 0 Å². The van der Waals surface area contributed by atoms with Crippen LogP contribution in [-0.2, 0) is 4.74 Å². The number of halogens is 1. The van der Waals surface area contributed by atoms with Gasteiger partial charge < -0.3 is 9.47 Å². The van der Waals surface area contributed by atoms with Crippen LogP contribution in [0.25, 0.3) is 0 Å². The second-order valence-corrected chi connectivity index (χ2v) is 3.48. The van der Waals surface area contributed by atoms with E-state index in [4.69, 9.17) is 16.3 Å². The smallest absolute Gasteiger partial charge is 0.337 e. The fraction of sp³-hybridized carbons (Fsp3) is 0.250. The van der Waals surface area contributed by atoms with Gasteiger partial charge in [0.25, 0.3) is 0 Å². The van der Waals surface area contributed by atoms with Gasteiger partial charge in [-0.15, -0.1) is 0 Å². The number of hydrogen-bond donors (Lipinski definition) is 0. The molecule has 0 aliphatic heterocycles. The summed E-state index contributed by atoms with van der Waals surface area (Å²) in [5.41, 5.74) is 2.90. The molecule has 0 aliphatic rings. The molecule has 86 valence electrons. The number of benzene rings is 1.